The molecule has 0 atom stereocenters. The minimum atomic E-state index is -0.227. The zero-order valence-corrected chi connectivity index (χ0v) is 10.7. The van der Waals surface area contributed by atoms with Crippen LogP contribution >= 0.6 is 11.3 Å². The number of aryl methyl sites for hydroxylation is 1. The molecule has 1 aliphatic carbocycles. The molecule has 2 N–H and O–H groups in total. The fraction of sp³-hybridized carbons (Fsp3) is 0.750. The van der Waals surface area contributed by atoms with Crippen LogP contribution in [0.5, 0.6) is 0 Å². The van der Waals surface area contributed by atoms with Gasteiger partial charge in [0.05, 0.1) is 10.7 Å². The van der Waals surface area contributed by atoms with Crippen molar-refractivity contribution in [2.75, 3.05) is 0 Å². The van der Waals surface area contributed by atoms with Crippen molar-refractivity contribution >= 4 is 11.3 Å². The highest BCUT2D eigenvalue weighted by molar-refractivity contribution is 7.12. The molecule has 1 heterocycles. The molecule has 15 heavy (non-hydrogen) atoms. The molecule has 1 aromatic heterocycles. The second kappa shape index (κ2) is 3.87. The molecule has 1 saturated carbocycles. The molecule has 0 spiro atoms. The first-order chi connectivity index (χ1) is 7.02. The predicted molar refractivity (Wildman–Crippen MR) is 65.3 cm³/mol. The molecule has 0 aliphatic heterocycles. The molecule has 0 radical (unpaired) electrons. The molecule has 2 nitrogen and oxygen atoms in total. The fourth-order valence-electron chi connectivity index (χ4n) is 1.78. The van der Waals surface area contributed by atoms with Gasteiger partial charge in [0.1, 0.15) is 0 Å². The van der Waals surface area contributed by atoms with Gasteiger partial charge in [-0.05, 0) is 33.1 Å². The first kappa shape index (κ1) is 11.1. The molecule has 84 valence electrons. The summed E-state index contributed by atoms with van der Waals surface area (Å²) in [6, 6.07) is 0. The van der Waals surface area contributed by atoms with Gasteiger partial charge in [-0.15, -0.1) is 11.3 Å². The van der Waals surface area contributed by atoms with Crippen LogP contribution in [0, 0.1) is 0 Å². The number of nitrogens with two attached hydrogens (primary N) is 1. The van der Waals surface area contributed by atoms with Crippen molar-refractivity contribution in [1.82, 2.24) is 4.98 Å². The quantitative estimate of drug-likeness (QED) is 0.853. The first-order valence-corrected chi connectivity index (χ1v) is 6.63. The largest absolute Gasteiger partial charge is 0.321 e. The maximum absolute atomic E-state index is 6.19. The van der Waals surface area contributed by atoms with E-state index in [1.54, 1.807) is 0 Å². The molecule has 0 aromatic carbocycles. The smallest absolute Gasteiger partial charge is 0.0962 e. The average Bonchev–Trinajstić information content (AvgIpc) is 2.87. The molecule has 0 saturated heterocycles. The van der Waals surface area contributed by atoms with Crippen molar-refractivity contribution < 1.29 is 0 Å². The van der Waals surface area contributed by atoms with Crippen molar-refractivity contribution in [3.05, 3.63) is 15.6 Å². The lowest BCUT2D eigenvalue weighted by Gasteiger charge is -2.17. The van der Waals surface area contributed by atoms with Crippen molar-refractivity contribution in [3.63, 3.8) is 0 Å². The van der Waals surface area contributed by atoms with Crippen molar-refractivity contribution in [1.29, 1.82) is 0 Å². The Bertz CT molecular complexity index is 345. The third-order valence-corrected chi connectivity index (χ3v) is 4.31. The monoisotopic (exact) mass is 224 g/mol. The maximum Gasteiger partial charge on any atom is 0.0962 e. The van der Waals surface area contributed by atoms with E-state index < -0.39 is 0 Å². The molecular formula is C12H20N2S. The zero-order valence-electron chi connectivity index (χ0n) is 9.84. The Morgan fingerprint density at radius 3 is 2.60 bits per heavy atom. The number of thiazole rings is 1. The summed E-state index contributed by atoms with van der Waals surface area (Å²) >= 11 is 1.84. The molecule has 1 aliphatic rings. The van der Waals surface area contributed by atoms with Crippen LogP contribution in [0.25, 0.3) is 0 Å². The van der Waals surface area contributed by atoms with E-state index in [1.165, 1.54) is 28.4 Å². The van der Waals surface area contributed by atoms with Gasteiger partial charge in [0, 0.05) is 16.3 Å². The molecular weight excluding hydrogens is 204 g/mol. The van der Waals surface area contributed by atoms with E-state index in [1.807, 2.05) is 11.3 Å². The Labute approximate surface area is 95.9 Å². The second-order valence-electron chi connectivity index (χ2n) is 5.07. The summed E-state index contributed by atoms with van der Waals surface area (Å²) in [5, 5.41) is 1.33. The van der Waals surface area contributed by atoms with E-state index in [4.69, 9.17) is 10.7 Å². The highest BCUT2D eigenvalue weighted by Gasteiger charge is 2.30. The molecule has 0 amide bonds. The van der Waals surface area contributed by atoms with Gasteiger partial charge in [-0.2, -0.15) is 0 Å². The van der Waals surface area contributed by atoms with E-state index in [-0.39, 0.29) is 5.54 Å². The van der Waals surface area contributed by atoms with Crippen LogP contribution in [0.2, 0.25) is 0 Å². The van der Waals surface area contributed by atoms with Gasteiger partial charge >= 0.3 is 0 Å². The lowest BCUT2D eigenvalue weighted by Crippen LogP contribution is -2.28. The van der Waals surface area contributed by atoms with Gasteiger partial charge in [0.25, 0.3) is 0 Å². The summed E-state index contributed by atoms with van der Waals surface area (Å²) < 4.78 is 0. The fourth-order valence-corrected chi connectivity index (χ4v) is 3.08. The SMILES string of the molecule is CCCc1nc(C2CC2)sc1C(C)(C)N. The van der Waals surface area contributed by atoms with Gasteiger partial charge in [-0.25, -0.2) is 4.98 Å². The zero-order chi connectivity index (χ0) is 11.1. The molecule has 3 heteroatoms. The Hall–Kier alpha value is -0.410. The Balaban J connectivity index is 2.32. The van der Waals surface area contributed by atoms with Crippen molar-refractivity contribution in [2.45, 2.75) is 57.9 Å². The highest BCUT2D eigenvalue weighted by Crippen LogP contribution is 2.44. The summed E-state index contributed by atoms with van der Waals surface area (Å²) in [4.78, 5) is 6.06. The normalized spacial score (nSPS) is 17.1. The van der Waals surface area contributed by atoms with Crippen LogP contribution < -0.4 is 5.73 Å². The van der Waals surface area contributed by atoms with E-state index in [0.29, 0.717) is 0 Å². The number of hydrogen-bond donors (Lipinski definition) is 1. The second-order valence-corrected chi connectivity index (χ2v) is 6.10. The van der Waals surface area contributed by atoms with Crippen LogP contribution in [0.15, 0.2) is 0 Å². The number of rotatable bonds is 4. The molecule has 2 rings (SSSR count). The third kappa shape index (κ3) is 2.40. The molecule has 0 bridgehead atoms. The first-order valence-electron chi connectivity index (χ1n) is 5.81. The van der Waals surface area contributed by atoms with Crippen molar-refractivity contribution in [3.8, 4) is 0 Å². The topological polar surface area (TPSA) is 38.9 Å². The Kier molecular flexibility index (Phi) is 2.86. The van der Waals surface area contributed by atoms with Crippen LogP contribution in [-0.4, -0.2) is 4.98 Å². The molecule has 1 fully saturated rings. The van der Waals surface area contributed by atoms with Crippen LogP contribution in [0.4, 0.5) is 0 Å². The third-order valence-electron chi connectivity index (χ3n) is 2.71. The van der Waals surface area contributed by atoms with Crippen LogP contribution in [-0.2, 0) is 12.0 Å². The van der Waals surface area contributed by atoms with E-state index >= 15 is 0 Å². The lowest BCUT2D eigenvalue weighted by molar-refractivity contribution is 0.557. The Morgan fingerprint density at radius 1 is 1.47 bits per heavy atom. The van der Waals surface area contributed by atoms with Gasteiger partial charge < -0.3 is 5.73 Å². The number of hydrogen-bond acceptors (Lipinski definition) is 3. The molecule has 0 unspecified atom stereocenters. The van der Waals surface area contributed by atoms with Gasteiger partial charge in [0.2, 0.25) is 0 Å². The standard InChI is InChI=1S/C12H20N2S/c1-4-5-9-10(12(2,3)13)15-11(14-9)8-6-7-8/h8H,4-7,13H2,1-3H3. The summed E-state index contributed by atoms with van der Waals surface area (Å²) in [6.45, 7) is 6.36. The maximum atomic E-state index is 6.19. The van der Waals surface area contributed by atoms with Gasteiger partial charge in [-0.1, -0.05) is 13.3 Å². The van der Waals surface area contributed by atoms with Gasteiger partial charge in [-0.3, -0.25) is 0 Å². The van der Waals surface area contributed by atoms with Gasteiger partial charge in [0.15, 0.2) is 0 Å². The summed E-state index contributed by atoms with van der Waals surface area (Å²) in [5.41, 5.74) is 7.21. The average molecular weight is 224 g/mol. The summed E-state index contributed by atoms with van der Waals surface area (Å²) in [6.07, 6.45) is 4.86. The summed E-state index contributed by atoms with van der Waals surface area (Å²) in [7, 11) is 0. The highest BCUT2D eigenvalue weighted by atomic mass is 32.1. The van der Waals surface area contributed by atoms with Crippen LogP contribution in [0.1, 0.15) is 61.5 Å². The van der Waals surface area contributed by atoms with E-state index in [0.717, 1.165) is 18.8 Å². The van der Waals surface area contributed by atoms with Crippen molar-refractivity contribution in [2.24, 2.45) is 5.73 Å². The number of nitrogens with zero attached hydrogens (tertiary/aromatic N) is 1. The lowest BCUT2D eigenvalue weighted by atomic mass is 10.0. The predicted octanol–water partition coefficient (Wildman–Crippen LogP) is 3.17. The minimum Gasteiger partial charge on any atom is -0.321 e. The molecule has 1 aromatic rings. The minimum absolute atomic E-state index is 0.227. The Morgan fingerprint density at radius 2 is 2.13 bits per heavy atom. The van der Waals surface area contributed by atoms with E-state index in [9.17, 15) is 0 Å². The number of aromatic nitrogens is 1. The summed E-state index contributed by atoms with van der Waals surface area (Å²) in [5.74, 6) is 0.752. The van der Waals surface area contributed by atoms with E-state index in [2.05, 4.69) is 20.8 Å². The van der Waals surface area contributed by atoms with Crippen LogP contribution in [0.3, 0.4) is 0 Å².